The highest BCUT2D eigenvalue weighted by atomic mass is 79.9. The number of halogens is 1. The maximum absolute atomic E-state index is 12.2. The van der Waals surface area contributed by atoms with Gasteiger partial charge < -0.3 is 19.5 Å². The zero-order valence-corrected chi connectivity index (χ0v) is 20.2. The number of anilines is 1. The van der Waals surface area contributed by atoms with Crippen LogP contribution in [0.4, 0.5) is 5.69 Å². The van der Waals surface area contributed by atoms with Gasteiger partial charge in [-0.25, -0.2) is 10.2 Å². The number of nitrogens with one attached hydrogen (secondary N) is 2. The highest BCUT2D eigenvalue weighted by Gasteiger charge is 2.14. The van der Waals surface area contributed by atoms with Crippen LogP contribution in [0.1, 0.15) is 31.4 Å². The van der Waals surface area contributed by atoms with Crippen LogP contribution in [0.5, 0.6) is 11.5 Å². The lowest BCUT2D eigenvalue weighted by molar-refractivity contribution is -0.143. The molecule has 0 spiro atoms. The number of benzene rings is 2. The van der Waals surface area contributed by atoms with Crippen LogP contribution in [0.15, 0.2) is 46.0 Å². The van der Waals surface area contributed by atoms with Crippen LogP contribution in [0, 0.1) is 0 Å². The molecule has 0 atom stereocenters. The number of para-hydroxylation sites is 1. The molecule has 10 heteroatoms. The third-order valence-electron chi connectivity index (χ3n) is 4.29. The van der Waals surface area contributed by atoms with Crippen LogP contribution in [-0.2, 0) is 25.5 Å². The van der Waals surface area contributed by atoms with Gasteiger partial charge in [0.2, 0.25) is 11.8 Å². The van der Waals surface area contributed by atoms with Crippen LogP contribution >= 0.6 is 15.9 Å². The molecule has 2 aromatic rings. The first kappa shape index (κ1) is 25.9. The number of hydrogen-bond acceptors (Lipinski definition) is 7. The summed E-state index contributed by atoms with van der Waals surface area (Å²) < 4.78 is 16.1. The Morgan fingerprint density at radius 2 is 1.85 bits per heavy atom. The first-order chi connectivity index (χ1) is 15.9. The number of aryl methyl sites for hydroxylation is 1. The van der Waals surface area contributed by atoms with Crippen molar-refractivity contribution in [3.05, 3.63) is 52.0 Å². The molecule has 0 heterocycles. The molecule has 0 aromatic heterocycles. The van der Waals surface area contributed by atoms with E-state index in [1.54, 1.807) is 18.2 Å². The number of hydrogen-bond donors (Lipinski definition) is 2. The average Bonchev–Trinajstić information content (AvgIpc) is 2.78. The fourth-order valence-electron chi connectivity index (χ4n) is 2.76. The van der Waals surface area contributed by atoms with Crippen molar-refractivity contribution in [2.75, 3.05) is 25.6 Å². The zero-order chi connectivity index (χ0) is 24.2. The van der Waals surface area contributed by atoms with Crippen molar-refractivity contribution in [1.29, 1.82) is 0 Å². The second-order valence-electron chi connectivity index (χ2n) is 6.66. The molecule has 0 radical (unpaired) electrons. The van der Waals surface area contributed by atoms with Gasteiger partial charge >= 0.3 is 5.97 Å². The molecule has 2 rings (SSSR count). The van der Waals surface area contributed by atoms with Gasteiger partial charge in [0.25, 0.3) is 0 Å². The van der Waals surface area contributed by atoms with E-state index in [0.29, 0.717) is 33.8 Å². The predicted octanol–water partition coefficient (Wildman–Crippen LogP) is 3.44. The lowest BCUT2D eigenvalue weighted by Gasteiger charge is -2.13. The van der Waals surface area contributed by atoms with Gasteiger partial charge in [0.05, 0.1) is 24.4 Å². The molecule has 9 nitrogen and oxygen atoms in total. The summed E-state index contributed by atoms with van der Waals surface area (Å²) in [6.45, 7) is 3.89. The van der Waals surface area contributed by atoms with Crippen LogP contribution in [0.3, 0.4) is 0 Å². The zero-order valence-electron chi connectivity index (χ0n) is 18.6. The number of rotatable bonds is 11. The number of amides is 2. The fourth-order valence-corrected chi connectivity index (χ4v) is 3.34. The molecule has 0 aliphatic heterocycles. The summed E-state index contributed by atoms with van der Waals surface area (Å²) >= 11 is 3.38. The highest BCUT2D eigenvalue weighted by Crippen LogP contribution is 2.36. The van der Waals surface area contributed by atoms with Gasteiger partial charge in [-0.15, -0.1) is 0 Å². The monoisotopic (exact) mass is 519 g/mol. The maximum Gasteiger partial charge on any atom is 0.343 e. The summed E-state index contributed by atoms with van der Waals surface area (Å²) in [5, 5.41) is 6.64. The molecular weight excluding hydrogens is 494 g/mol. The minimum Gasteiger partial charge on any atom is -0.490 e. The van der Waals surface area contributed by atoms with E-state index in [2.05, 4.69) is 36.5 Å². The fraction of sp³-hybridized carbons (Fsp3) is 0.304. The molecular formula is C23H26BrN3O6. The molecule has 0 aliphatic rings. The Morgan fingerprint density at radius 3 is 2.55 bits per heavy atom. The minimum atomic E-state index is -0.556. The van der Waals surface area contributed by atoms with Gasteiger partial charge in [-0.2, -0.15) is 5.10 Å². The van der Waals surface area contributed by atoms with E-state index >= 15 is 0 Å². The van der Waals surface area contributed by atoms with Crippen molar-refractivity contribution in [3.8, 4) is 11.5 Å². The maximum atomic E-state index is 12.2. The van der Waals surface area contributed by atoms with Crippen molar-refractivity contribution >= 4 is 45.6 Å². The van der Waals surface area contributed by atoms with E-state index in [4.69, 9.17) is 9.47 Å². The van der Waals surface area contributed by atoms with Crippen molar-refractivity contribution in [2.24, 2.45) is 5.10 Å². The highest BCUT2D eigenvalue weighted by molar-refractivity contribution is 9.10. The number of ether oxygens (including phenoxy) is 3. The number of esters is 1. The summed E-state index contributed by atoms with van der Waals surface area (Å²) in [4.78, 5) is 35.6. The van der Waals surface area contributed by atoms with Gasteiger partial charge in [-0.1, -0.05) is 25.1 Å². The Kier molecular flexibility index (Phi) is 10.4. The number of hydrazone groups is 1. The van der Waals surface area contributed by atoms with E-state index < -0.39 is 17.8 Å². The van der Waals surface area contributed by atoms with E-state index in [0.717, 1.165) is 12.0 Å². The number of methoxy groups -OCH3 is 1. The normalized spacial score (nSPS) is 10.5. The topological polar surface area (TPSA) is 115 Å². The quantitative estimate of drug-likeness (QED) is 0.203. The van der Waals surface area contributed by atoms with E-state index in [1.807, 2.05) is 32.0 Å². The molecule has 2 N–H and O–H groups in total. The second-order valence-corrected chi connectivity index (χ2v) is 7.51. The summed E-state index contributed by atoms with van der Waals surface area (Å²) in [7, 11) is 1.27. The van der Waals surface area contributed by atoms with Crippen molar-refractivity contribution in [1.82, 2.24) is 5.43 Å². The van der Waals surface area contributed by atoms with Crippen molar-refractivity contribution in [3.63, 3.8) is 0 Å². The van der Waals surface area contributed by atoms with E-state index in [9.17, 15) is 14.4 Å². The van der Waals surface area contributed by atoms with E-state index in [-0.39, 0.29) is 13.0 Å². The molecule has 0 fully saturated rings. The van der Waals surface area contributed by atoms with Crippen molar-refractivity contribution in [2.45, 2.75) is 26.7 Å². The van der Waals surface area contributed by atoms with Crippen LogP contribution < -0.4 is 20.2 Å². The molecule has 0 bridgehead atoms. The smallest absolute Gasteiger partial charge is 0.343 e. The Balaban J connectivity index is 1.98. The van der Waals surface area contributed by atoms with Crippen molar-refractivity contribution < 1.29 is 28.6 Å². The Hall–Kier alpha value is -3.40. The Labute approximate surface area is 200 Å². The second kappa shape index (κ2) is 13.2. The molecule has 0 unspecified atom stereocenters. The van der Waals surface area contributed by atoms with Crippen LogP contribution in [0.25, 0.3) is 0 Å². The lowest BCUT2D eigenvalue weighted by atomic mass is 10.1. The van der Waals surface area contributed by atoms with Crippen LogP contribution in [0.2, 0.25) is 0 Å². The third-order valence-corrected chi connectivity index (χ3v) is 4.88. The van der Waals surface area contributed by atoms with Gasteiger partial charge in [0, 0.05) is 5.69 Å². The van der Waals surface area contributed by atoms with Gasteiger partial charge in [0.1, 0.15) is 6.42 Å². The van der Waals surface area contributed by atoms with E-state index in [1.165, 1.54) is 13.3 Å². The standard InChI is InChI=1S/C23H26BrN3O6/c1-4-16-8-6-7-9-18(16)26-20(28)12-21(29)27-25-13-15-10-17(24)23(19(11-15)32-5-2)33-14-22(30)31-3/h6-11,13H,4-5,12,14H2,1-3H3,(H,26,28)(H,27,29). The van der Waals surface area contributed by atoms with Crippen LogP contribution in [-0.4, -0.2) is 44.3 Å². The first-order valence-corrected chi connectivity index (χ1v) is 11.0. The van der Waals surface area contributed by atoms with Gasteiger partial charge in [-0.3, -0.25) is 9.59 Å². The SMILES string of the molecule is CCOc1cc(C=NNC(=O)CC(=O)Nc2ccccc2CC)cc(Br)c1OCC(=O)OC. The predicted molar refractivity (Wildman–Crippen MR) is 128 cm³/mol. The lowest BCUT2D eigenvalue weighted by Crippen LogP contribution is -2.25. The Morgan fingerprint density at radius 1 is 1.09 bits per heavy atom. The number of carbonyl (C=O) groups is 3. The average molecular weight is 520 g/mol. The summed E-state index contributed by atoms with van der Waals surface area (Å²) in [5.74, 6) is -0.790. The minimum absolute atomic E-state index is 0.274. The molecule has 2 amide bonds. The molecule has 33 heavy (non-hydrogen) atoms. The largest absolute Gasteiger partial charge is 0.490 e. The molecule has 2 aromatic carbocycles. The van der Waals surface area contributed by atoms with Gasteiger partial charge in [-0.05, 0) is 58.6 Å². The third kappa shape index (κ3) is 8.23. The molecule has 0 saturated heterocycles. The molecule has 0 aliphatic carbocycles. The summed E-state index contributed by atoms with van der Waals surface area (Å²) in [6, 6.07) is 10.7. The molecule has 176 valence electrons. The summed E-state index contributed by atoms with van der Waals surface area (Å²) in [6.07, 6.45) is 1.79. The van der Waals surface area contributed by atoms with Gasteiger partial charge in [0.15, 0.2) is 18.1 Å². The summed E-state index contributed by atoms with van der Waals surface area (Å²) in [5.41, 5.74) is 4.60. The number of nitrogens with zero attached hydrogens (tertiary/aromatic N) is 1. The Bertz CT molecular complexity index is 1030. The molecule has 0 saturated carbocycles. The first-order valence-electron chi connectivity index (χ1n) is 10.2. The number of carbonyl (C=O) groups excluding carboxylic acids is 3.